The number of halogens is 1. The van der Waals surface area contributed by atoms with Gasteiger partial charge in [-0.2, -0.15) is 0 Å². The summed E-state index contributed by atoms with van der Waals surface area (Å²) < 4.78 is 19.4. The number of amides is 1. The summed E-state index contributed by atoms with van der Waals surface area (Å²) in [5.74, 6) is -0.0418. The van der Waals surface area contributed by atoms with Crippen molar-refractivity contribution in [3.05, 3.63) is 41.7 Å². The van der Waals surface area contributed by atoms with Gasteiger partial charge in [-0.15, -0.1) is 0 Å². The fourth-order valence-electron chi connectivity index (χ4n) is 3.15. The number of rotatable bonds is 3. The van der Waals surface area contributed by atoms with E-state index in [1.54, 1.807) is 12.1 Å². The quantitative estimate of drug-likeness (QED) is 0.856. The highest BCUT2D eigenvalue weighted by Crippen LogP contribution is 2.25. The van der Waals surface area contributed by atoms with Crippen molar-refractivity contribution in [1.82, 2.24) is 4.90 Å². The molecule has 0 unspecified atom stereocenters. The highest BCUT2D eigenvalue weighted by molar-refractivity contribution is 5.78. The first kappa shape index (κ1) is 15.2. The van der Waals surface area contributed by atoms with Crippen LogP contribution in [0, 0.1) is 5.82 Å². The lowest BCUT2D eigenvalue weighted by molar-refractivity contribution is -0.134. The molecule has 2 aliphatic rings. The minimum Gasteiger partial charge on any atom is -0.378 e. The summed E-state index contributed by atoms with van der Waals surface area (Å²) >= 11 is 0. The number of nitrogens with zero attached hydrogens (tertiary/aromatic N) is 1. The first-order chi connectivity index (χ1) is 10.7. The lowest BCUT2D eigenvalue weighted by Gasteiger charge is -2.29. The lowest BCUT2D eigenvalue weighted by Crippen LogP contribution is -2.37. The van der Waals surface area contributed by atoms with Crippen LogP contribution in [0.2, 0.25) is 0 Å². The van der Waals surface area contributed by atoms with Crippen LogP contribution in [0.25, 0.3) is 5.57 Å². The highest BCUT2D eigenvalue weighted by Gasteiger charge is 2.23. The third-order valence-electron chi connectivity index (χ3n) is 4.46. The Morgan fingerprint density at radius 3 is 2.86 bits per heavy atom. The predicted molar refractivity (Wildman–Crippen MR) is 83.8 cm³/mol. The normalized spacial score (nSPS) is 22.3. The molecule has 3 rings (SSSR count). The highest BCUT2D eigenvalue weighted by atomic mass is 19.1. The maximum absolute atomic E-state index is 13.8. The Bertz CT molecular complexity index is 564. The van der Waals surface area contributed by atoms with Crippen LogP contribution in [-0.4, -0.2) is 36.6 Å². The van der Waals surface area contributed by atoms with Gasteiger partial charge in [-0.1, -0.05) is 24.3 Å². The predicted octanol–water partition coefficient (Wildman–Crippen LogP) is 3.40. The summed E-state index contributed by atoms with van der Waals surface area (Å²) in [7, 11) is 0. The molecule has 1 atom stereocenters. The molecule has 1 amide bonds. The lowest BCUT2D eigenvalue weighted by atomic mass is 9.98. The largest absolute Gasteiger partial charge is 0.378 e. The van der Waals surface area contributed by atoms with Gasteiger partial charge in [0.05, 0.1) is 12.5 Å². The van der Waals surface area contributed by atoms with E-state index in [1.807, 2.05) is 17.0 Å². The average molecular weight is 303 g/mol. The second-order valence-electron chi connectivity index (χ2n) is 5.99. The van der Waals surface area contributed by atoms with Gasteiger partial charge >= 0.3 is 0 Å². The standard InChI is InChI=1S/C18H22FNO2/c19-17-7-2-1-6-16(17)14-8-10-20(11-9-14)18(21)13-15-5-3-4-12-22-15/h1-2,6-8,15H,3-5,9-13H2/t15-/m0/s1. The molecular formula is C18H22FNO2. The molecule has 1 aromatic carbocycles. The Labute approximate surface area is 130 Å². The number of carbonyl (C=O) groups excluding carboxylic acids is 1. The van der Waals surface area contributed by atoms with Gasteiger partial charge in [0.25, 0.3) is 0 Å². The van der Waals surface area contributed by atoms with E-state index in [0.29, 0.717) is 31.5 Å². The van der Waals surface area contributed by atoms with E-state index in [2.05, 4.69) is 0 Å². The van der Waals surface area contributed by atoms with Gasteiger partial charge in [0.2, 0.25) is 5.91 Å². The topological polar surface area (TPSA) is 29.5 Å². The Morgan fingerprint density at radius 1 is 1.32 bits per heavy atom. The van der Waals surface area contributed by atoms with Crippen LogP contribution in [0.4, 0.5) is 4.39 Å². The monoisotopic (exact) mass is 303 g/mol. The molecule has 22 heavy (non-hydrogen) atoms. The van der Waals surface area contributed by atoms with E-state index in [9.17, 15) is 9.18 Å². The van der Waals surface area contributed by atoms with Crippen molar-refractivity contribution in [2.24, 2.45) is 0 Å². The molecule has 0 aliphatic carbocycles. The second kappa shape index (κ2) is 7.05. The van der Waals surface area contributed by atoms with Crippen molar-refractivity contribution < 1.29 is 13.9 Å². The van der Waals surface area contributed by atoms with Gasteiger partial charge in [0, 0.05) is 25.3 Å². The molecule has 0 N–H and O–H groups in total. The minimum absolute atomic E-state index is 0.0817. The van der Waals surface area contributed by atoms with Crippen LogP contribution in [0.5, 0.6) is 0 Å². The molecule has 4 heteroatoms. The number of hydrogen-bond donors (Lipinski definition) is 0. The zero-order valence-corrected chi connectivity index (χ0v) is 12.8. The summed E-state index contributed by atoms with van der Waals surface area (Å²) in [5.41, 5.74) is 1.65. The van der Waals surface area contributed by atoms with Crippen LogP contribution in [0.3, 0.4) is 0 Å². The fraction of sp³-hybridized carbons (Fsp3) is 0.500. The molecule has 3 nitrogen and oxygen atoms in total. The molecule has 2 heterocycles. The van der Waals surface area contributed by atoms with Crippen LogP contribution in [0.1, 0.15) is 37.7 Å². The molecule has 0 spiro atoms. The third kappa shape index (κ3) is 3.55. The van der Waals surface area contributed by atoms with Crippen LogP contribution < -0.4 is 0 Å². The third-order valence-corrected chi connectivity index (χ3v) is 4.46. The number of benzene rings is 1. The van der Waals surface area contributed by atoms with E-state index in [4.69, 9.17) is 4.74 Å². The molecule has 0 radical (unpaired) electrons. The van der Waals surface area contributed by atoms with E-state index < -0.39 is 0 Å². The maximum atomic E-state index is 13.8. The van der Waals surface area contributed by atoms with E-state index >= 15 is 0 Å². The number of carbonyl (C=O) groups is 1. The van der Waals surface area contributed by atoms with Gasteiger partial charge < -0.3 is 9.64 Å². The fourth-order valence-corrected chi connectivity index (χ4v) is 3.15. The van der Waals surface area contributed by atoms with E-state index in [1.165, 1.54) is 6.07 Å². The molecule has 0 saturated carbocycles. The smallest absolute Gasteiger partial charge is 0.225 e. The first-order valence-electron chi connectivity index (χ1n) is 8.07. The molecule has 1 fully saturated rings. The summed E-state index contributed by atoms with van der Waals surface area (Å²) in [6, 6.07) is 6.82. The zero-order valence-electron chi connectivity index (χ0n) is 12.8. The van der Waals surface area contributed by atoms with Gasteiger partial charge in [0.15, 0.2) is 0 Å². The summed E-state index contributed by atoms with van der Waals surface area (Å²) in [6.07, 6.45) is 6.47. The molecule has 0 bridgehead atoms. The summed E-state index contributed by atoms with van der Waals surface area (Å²) in [6.45, 7) is 2.00. The van der Waals surface area contributed by atoms with Crippen molar-refractivity contribution in [2.45, 2.75) is 38.2 Å². The molecule has 1 aromatic rings. The zero-order chi connectivity index (χ0) is 15.4. The maximum Gasteiger partial charge on any atom is 0.225 e. The molecular weight excluding hydrogens is 281 g/mol. The average Bonchev–Trinajstić information content (AvgIpc) is 2.56. The Balaban J connectivity index is 1.58. The van der Waals surface area contributed by atoms with Gasteiger partial charge in [-0.25, -0.2) is 4.39 Å². The first-order valence-corrected chi connectivity index (χ1v) is 8.07. The van der Waals surface area contributed by atoms with Crippen LogP contribution in [0.15, 0.2) is 30.3 Å². The number of hydrogen-bond acceptors (Lipinski definition) is 2. The van der Waals surface area contributed by atoms with Crippen molar-refractivity contribution in [1.29, 1.82) is 0 Å². The minimum atomic E-state index is -0.191. The van der Waals surface area contributed by atoms with E-state index in [0.717, 1.165) is 31.4 Å². The molecule has 1 saturated heterocycles. The van der Waals surface area contributed by atoms with Crippen molar-refractivity contribution in [3.63, 3.8) is 0 Å². The molecule has 118 valence electrons. The second-order valence-corrected chi connectivity index (χ2v) is 5.99. The molecule has 0 aromatic heterocycles. The summed E-state index contributed by atoms with van der Waals surface area (Å²) in [5, 5.41) is 0. The Hall–Kier alpha value is -1.68. The Morgan fingerprint density at radius 2 is 2.18 bits per heavy atom. The van der Waals surface area contributed by atoms with Crippen molar-refractivity contribution >= 4 is 11.5 Å². The van der Waals surface area contributed by atoms with Crippen molar-refractivity contribution in [2.75, 3.05) is 19.7 Å². The number of ether oxygens (including phenoxy) is 1. The van der Waals surface area contributed by atoms with Gasteiger partial charge in [-0.05, 0) is 37.3 Å². The van der Waals surface area contributed by atoms with Crippen LogP contribution >= 0.6 is 0 Å². The molecule has 2 aliphatic heterocycles. The van der Waals surface area contributed by atoms with Gasteiger partial charge in [0.1, 0.15) is 5.82 Å². The summed E-state index contributed by atoms with van der Waals surface area (Å²) in [4.78, 5) is 14.2. The van der Waals surface area contributed by atoms with Crippen molar-refractivity contribution in [3.8, 4) is 0 Å². The SMILES string of the molecule is O=C(C[C@@H]1CCCCO1)N1CC=C(c2ccccc2F)CC1. The van der Waals surface area contributed by atoms with Crippen LogP contribution in [-0.2, 0) is 9.53 Å². The van der Waals surface area contributed by atoms with Gasteiger partial charge in [-0.3, -0.25) is 4.79 Å². The van der Waals surface area contributed by atoms with E-state index in [-0.39, 0.29) is 17.8 Å². The Kier molecular flexibility index (Phi) is 4.88.